The van der Waals surface area contributed by atoms with Crippen molar-refractivity contribution in [3.8, 4) is 11.5 Å². The van der Waals surface area contributed by atoms with Gasteiger partial charge in [-0.2, -0.15) is 0 Å². The molecular weight excluding hydrogens is 996 g/mol. The largest absolute Gasteiger partial charge is 0.629 e. The van der Waals surface area contributed by atoms with E-state index >= 15 is 0 Å². The number of ether oxygens (including phenoxy) is 1. The smallest absolute Gasteiger partial charge is 0.268 e. The number of piperazine rings is 1. The first kappa shape index (κ1) is 53.3. The fourth-order valence-corrected chi connectivity index (χ4v) is 13.0. The zero-order chi connectivity index (χ0) is 53.7. The summed E-state index contributed by atoms with van der Waals surface area (Å²) in [6, 6.07) is 21.2. The van der Waals surface area contributed by atoms with Gasteiger partial charge in [0.15, 0.2) is 23.1 Å². The highest BCUT2D eigenvalue weighted by atomic mass is 32.2. The Hall–Kier alpha value is -6.09. The summed E-state index contributed by atoms with van der Waals surface area (Å²) in [5.74, 6) is -2.26. The average molecular weight is 1060 g/mol. The molecule has 2 saturated carbocycles. The third-order valence-electron chi connectivity index (χ3n) is 16.7. The SMILES string of the molecule is CC(C)c1ccccc1C1CN(Cc2ccc(F)c(F)c2)[C@@H](C)CN1C1CC2(CCN(c3ccc(C(=O)NS(=O)(=O)c4cnc(NC[C@H]5CC[C@](C)(O)CC5)c([NH+](C)[O-])c4)c(Oc4cnc5[nH]cc(F)c5c4)c3)CC2)C1. The van der Waals surface area contributed by atoms with Gasteiger partial charge in [0, 0.05) is 81.4 Å². The molecule has 404 valence electrons. The normalized spacial score (nSPS) is 22.9. The van der Waals surface area contributed by atoms with E-state index in [1.54, 1.807) is 18.2 Å². The number of sulfonamides is 1. The molecule has 76 heavy (non-hydrogen) atoms. The van der Waals surface area contributed by atoms with Crippen molar-refractivity contribution in [1.29, 1.82) is 0 Å². The van der Waals surface area contributed by atoms with Crippen molar-refractivity contribution < 1.29 is 41.3 Å². The van der Waals surface area contributed by atoms with E-state index in [1.165, 1.54) is 60.9 Å². The summed E-state index contributed by atoms with van der Waals surface area (Å²) in [5, 5.41) is 26.2. The minimum atomic E-state index is -4.58. The summed E-state index contributed by atoms with van der Waals surface area (Å²) in [5.41, 5.74) is 3.81. The van der Waals surface area contributed by atoms with E-state index in [2.05, 4.69) is 84.7 Å². The average Bonchev–Trinajstić information content (AvgIpc) is 3.76. The molecule has 15 nitrogen and oxygen atoms in total. The maximum absolute atomic E-state index is 14.8. The number of aromatic nitrogens is 3. The van der Waals surface area contributed by atoms with Crippen LogP contribution in [-0.2, 0) is 16.6 Å². The van der Waals surface area contributed by atoms with Crippen molar-refractivity contribution in [2.75, 3.05) is 50.0 Å². The molecule has 3 aromatic heterocycles. The van der Waals surface area contributed by atoms with E-state index in [4.69, 9.17) is 4.74 Å². The van der Waals surface area contributed by atoms with Crippen LogP contribution in [0.2, 0.25) is 0 Å². The Morgan fingerprint density at radius 2 is 1.70 bits per heavy atom. The molecule has 5 N–H and O–H groups in total. The van der Waals surface area contributed by atoms with E-state index in [1.807, 2.05) is 6.92 Å². The summed E-state index contributed by atoms with van der Waals surface area (Å²) in [6.45, 7) is 12.5. The number of aromatic amines is 1. The summed E-state index contributed by atoms with van der Waals surface area (Å²) < 4.78 is 79.3. The lowest BCUT2D eigenvalue weighted by atomic mass is 9.59. The Morgan fingerprint density at radius 3 is 2.42 bits per heavy atom. The van der Waals surface area contributed by atoms with Gasteiger partial charge in [-0.3, -0.25) is 14.6 Å². The number of hydrogen-bond donors (Lipinski definition) is 5. The number of piperidine rings is 1. The molecule has 1 spiro atoms. The molecule has 2 aliphatic heterocycles. The van der Waals surface area contributed by atoms with Crippen LogP contribution in [0.1, 0.15) is 118 Å². The summed E-state index contributed by atoms with van der Waals surface area (Å²) in [4.78, 5) is 32.5. The number of quaternary nitrogens is 1. The monoisotopic (exact) mass is 1060 g/mol. The number of nitrogens with one attached hydrogen (secondary N) is 4. The molecule has 5 heterocycles. The number of benzene rings is 3. The van der Waals surface area contributed by atoms with Gasteiger partial charge in [-0.1, -0.05) is 44.2 Å². The Morgan fingerprint density at radius 1 is 0.947 bits per heavy atom. The number of amides is 1. The summed E-state index contributed by atoms with van der Waals surface area (Å²) in [7, 11) is -3.26. The van der Waals surface area contributed by atoms with Crippen LogP contribution < -0.4 is 24.7 Å². The van der Waals surface area contributed by atoms with Gasteiger partial charge in [-0.15, -0.1) is 0 Å². The van der Waals surface area contributed by atoms with Gasteiger partial charge in [-0.05, 0) is 129 Å². The molecule has 3 aromatic carbocycles. The van der Waals surface area contributed by atoms with E-state index in [0.717, 1.165) is 82.2 Å². The number of carbonyl (C=O) groups excluding carboxylic acids is 1. The quantitative estimate of drug-likeness (QED) is 0.0616. The second-order valence-corrected chi connectivity index (χ2v) is 24.1. The van der Waals surface area contributed by atoms with Crippen LogP contribution in [0.5, 0.6) is 11.5 Å². The number of hydrogen-bond acceptors (Lipinski definition) is 12. The number of hydroxylamine groups is 1. The number of pyridine rings is 2. The molecule has 2 aliphatic carbocycles. The molecule has 10 rings (SSSR count). The number of nitrogens with zero attached hydrogens (tertiary/aromatic N) is 5. The zero-order valence-corrected chi connectivity index (χ0v) is 44.5. The van der Waals surface area contributed by atoms with Crippen molar-refractivity contribution in [3.05, 3.63) is 136 Å². The van der Waals surface area contributed by atoms with Crippen LogP contribution in [-0.4, -0.2) is 102 Å². The van der Waals surface area contributed by atoms with Crippen molar-refractivity contribution >= 4 is 44.2 Å². The Kier molecular flexibility index (Phi) is 15.0. The number of halogens is 3. The second-order valence-electron chi connectivity index (χ2n) is 22.4. The molecule has 6 aromatic rings. The zero-order valence-electron chi connectivity index (χ0n) is 43.7. The Bertz CT molecular complexity index is 3200. The van der Waals surface area contributed by atoms with Crippen molar-refractivity contribution in [1.82, 2.24) is 29.5 Å². The van der Waals surface area contributed by atoms with Crippen LogP contribution in [0.3, 0.4) is 0 Å². The molecule has 4 aliphatic rings. The summed E-state index contributed by atoms with van der Waals surface area (Å²) in [6.07, 6.45) is 10.5. The van der Waals surface area contributed by atoms with Gasteiger partial charge in [0.25, 0.3) is 15.9 Å². The number of aliphatic hydroxyl groups is 1. The maximum Gasteiger partial charge on any atom is 0.268 e. The van der Waals surface area contributed by atoms with Gasteiger partial charge in [0.1, 0.15) is 27.9 Å². The number of rotatable bonds is 15. The highest BCUT2D eigenvalue weighted by molar-refractivity contribution is 7.90. The number of H-pyrrole nitrogens is 1. The number of anilines is 2. The van der Waals surface area contributed by atoms with Gasteiger partial charge in [-0.25, -0.2) is 36.3 Å². The van der Waals surface area contributed by atoms with Crippen molar-refractivity contribution in [2.45, 2.75) is 120 Å². The van der Waals surface area contributed by atoms with E-state index < -0.39 is 44.0 Å². The van der Waals surface area contributed by atoms with Crippen LogP contribution in [0, 0.1) is 34.0 Å². The lowest BCUT2D eigenvalue weighted by molar-refractivity contribution is -0.751. The first-order valence-corrected chi connectivity index (χ1v) is 28.0. The van der Waals surface area contributed by atoms with E-state index in [-0.39, 0.29) is 62.3 Å². The number of fused-ring (bicyclic) bond motifs is 1. The maximum atomic E-state index is 14.8. The summed E-state index contributed by atoms with van der Waals surface area (Å²) >= 11 is 0. The molecule has 0 radical (unpaired) electrons. The van der Waals surface area contributed by atoms with Crippen LogP contribution >= 0.6 is 0 Å². The molecule has 2 saturated heterocycles. The van der Waals surface area contributed by atoms with Crippen LogP contribution in [0.15, 0.2) is 96.3 Å². The van der Waals surface area contributed by atoms with Crippen molar-refractivity contribution in [3.63, 3.8) is 0 Å². The molecule has 4 fully saturated rings. The minimum Gasteiger partial charge on any atom is -0.629 e. The first-order valence-electron chi connectivity index (χ1n) is 26.5. The second kappa shape index (κ2) is 21.4. The molecule has 2 unspecified atom stereocenters. The Balaban J connectivity index is 0.846. The molecule has 1 amide bonds. The first-order chi connectivity index (χ1) is 36.2. The van der Waals surface area contributed by atoms with Crippen LogP contribution in [0.25, 0.3) is 11.0 Å². The molecule has 3 atom stereocenters. The number of carbonyl (C=O) groups is 1. The topological polar surface area (TPSA) is 184 Å². The highest BCUT2D eigenvalue weighted by Gasteiger charge is 2.51. The molecular formula is C57H68F3N9O6S. The lowest BCUT2D eigenvalue weighted by Gasteiger charge is -2.59. The predicted octanol–water partition coefficient (Wildman–Crippen LogP) is 9.10. The molecule has 19 heteroatoms. The van der Waals surface area contributed by atoms with Gasteiger partial charge in [0.2, 0.25) is 0 Å². The van der Waals surface area contributed by atoms with Gasteiger partial charge in [0.05, 0.1) is 36.0 Å². The van der Waals surface area contributed by atoms with Crippen LogP contribution in [0.4, 0.5) is 30.4 Å². The van der Waals surface area contributed by atoms with Gasteiger partial charge >= 0.3 is 0 Å². The highest BCUT2D eigenvalue weighted by Crippen LogP contribution is 2.54. The fraction of sp³-hybridized carbons (Fsp3) is 0.456. The van der Waals surface area contributed by atoms with E-state index in [9.17, 15) is 36.7 Å². The van der Waals surface area contributed by atoms with E-state index in [0.29, 0.717) is 43.5 Å². The van der Waals surface area contributed by atoms with Gasteiger partial charge < -0.3 is 35.3 Å². The third-order valence-corrected chi connectivity index (χ3v) is 18.0. The van der Waals surface area contributed by atoms with Crippen molar-refractivity contribution in [2.24, 2.45) is 11.3 Å². The Labute approximate surface area is 442 Å². The fourth-order valence-electron chi connectivity index (χ4n) is 12.1. The minimum absolute atomic E-state index is 0.0307. The molecule has 0 bridgehead atoms. The predicted molar refractivity (Wildman–Crippen MR) is 286 cm³/mol. The lowest BCUT2D eigenvalue weighted by Crippen LogP contribution is -2.98. The third kappa shape index (κ3) is 11.3. The standard InChI is InChI=1S/C57H68F3N9O6S/c1-35(2)43-8-6-7-9-44(43)51-34-68(33-38-10-13-47(58)48(59)22-38)36(3)32-69(51)40-26-57(27-40)18-20-67(21-19-57)39-11-12-45(52(23-39)75-41-24-46-49(60)31-64-53(46)62-29-41)55(70)65-76(73,74)42-25-50(66(5)72)54(63-30-42)61-28-37-14-16-56(4,71)17-15-37/h6-13,22-25,29-31,35-37,40,51,66,71H,14-21,26-28,32-34H2,1-5H3,(H,61,63)(H,62,64)(H,65,70)/t36-,37-,51?,56-/m0/s1.